The summed E-state index contributed by atoms with van der Waals surface area (Å²) in [6.07, 6.45) is 2.95. The van der Waals surface area contributed by atoms with E-state index in [9.17, 15) is 23.2 Å². The molecule has 0 saturated carbocycles. The molecule has 0 aliphatic carbocycles. The predicted molar refractivity (Wildman–Crippen MR) is 127 cm³/mol. The first-order valence-corrected chi connectivity index (χ1v) is 11.1. The van der Waals surface area contributed by atoms with Gasteiger partial charge in [0.1, 0.15) is 17.2 Å². The molecule has 1 aliphatic rings. The number of pyridine rings is 2. The van der Waals surface area contributed by atoms with Crippen LogP contribution in [-0.4, -0.2) is 61.8 Å². The molecule has 1 unspecified atom stereocenters. The number of hydrogen-bond acceptors (Lipinski definition) is 6. The van der Waals surface area contributed by atoms with Crippen molar-refractivity contribution in [3.63, 3.8) is 0 Å². The monoisotopic (exact) mass is 515 g/mol. The number of rotatable bonds is 6. The lowest BCUT2D eigenvalue weighted by atomic mass is 9.94. The number of aromatic amines is 1. The van der Waals surface area contributed by atoms with Gasteiger partial charge in [-0.15, -0.1) is 0 Å². The number of hydrogen-bond donors (Lipinski definition) is 3. The zero-order valence-electron chi connectivity index (χ0n) is 18.7. The molecular formula is C23H20ClF2N7O3. The average molecular weight is 516 g/mol. The smallest absolute Gasteiger partial charge is 0.275 e. The van der Waals surface area contributed by atoms with Crippen molar-refractivity contribution in [1.29, 1.82) is 0 Å². The fraction of sp³-hybridized carbons (Fsp3) is 0.217. The molecule has 4 heterocycles. The van der Waals surface area contributed by atoms with Crippen molar-refractivity contribution in [3.05, 3.63) is 66.1 Å². The normalized spacial score (nSPS) is 16.8. The summed E-state index contributed by atoms with van der Waals surface area (Å²) in [5.41, 5.74) is 1.24. The lowest BCUT2D eigenvalue weighted by Crippen LogP contribution is -2.51. The summed E-state index contributed by atoms with van der Waals surface area (Å²) in [6.45, 7) is 2.39. The zero-order chi connectivity index (χ0) is 25.9. The second-order valence-electron chi connectivity index (χ2n) is 8.06. The highest BCUT2D eigenvalue weighted by atomic mass is 35.5. The third-order valence-corrected chi connectivity index (χ3v) is 5.66. The van der Waals surface area contributed by atoms with Crippen LogP contribution >= 0.6 is 11.6 Å². The van der Waals surface area contributed by atoms with Crippen LogP contribution in [0.5, 0.6) is 0 Å². The predicted octanol–water partition coefficient (Wildman–Crippen LogP) is 3.38. The molecule has 186 valence electrons. The van der Waals surface area contributed by atoms with E-state index in [2.05, 4.69) is 37.4 Å². The van der Waals surface area contributed by atoms with Crippen molar-refractivity contribution in [2.24, 2.45) is 5.92 Å². The second-order valence-corrected chi connectivity index (χ2v) is 8.46. The Morgan fingerprint density at radius 3 is 2.67 bits per heavy atom. The molecule has 3 aromatic rings. The maximum absolute atomic E-state index is 14.1. The van der Waals surface area contributed by atoms with Crippen molar-refractivity contribution in [2.75, 3.05) is 23.7 Å². The Kier molecular flexibility index (Phi) is 7.06. The molecule has 10 nitrogen and oxygen atoms in total. The zero-order valence-corrected chi connectivity index (χ0v) is 19.4. The number of piperidine rings is 1. The van der Waals surface area contributed by atoms with Gasteiger partial charge in [-0.25, -0.2) is 18.7 Å². The minimum absolute atomic E-state index is 0.106. The first kappa shape index (κ1) is 24.9. The Labute approximate surface area is 208 Å². The molecule has 3 aromatic heterocycles. The number of amides is 3. The summed E-state index contributed by atoms with van der Waals surface area (Å²) in [7, 11) is 0. The van der Waals surface area contributed by atoms with Crippen molar-refractivity contribution in [3.8, 4) is 11.4 Å². The van der Waals surface area contributed by atoms with Gasteiger partial charge in [0.15, 0.2) is 0 Å². The molecule has 0 bridgehead atoms. The van der Waals surface area contributed by atoms with Crippen molar-refractivity contribution < 1.29 is 23.2 Å². The number of likely N-dealkylation sites (tertiary alicyclic amines) is 1. The van der Waals surface area contributed by atoms with Gasteiger partial charge in [0, 0.05) is 13.0 Å². The first-order chi connectivity index (χ1) is 17.1. The number of H-pyrrole nitrogens is 1. The van der Waals surface area contributed by atoms with E-state index >= 15 is 0 Å². The molecule has 3 amide bonds. The third-order valence-electron chi connectivity index (χ3n) is 5.37. The summed E-state index contributed by atoms with van der Waals surface area (Å²) >= 11 is 6.05. The van der Waals surface area contributed by atoms with Crippen LogP contribution < -0.4 is 10.6 Å². The van der Waals surface area contributed by atoms with E-state index in [1.165, 1.54) is 30.6 Å². The molecule has 0 spiro atoms. The van der Waals surface area contributed by atoms with Crippen LogP contribution in [0.25, 0.3) is 11.4 Å². The summed E-state index contributed by atoms with van der Waals surface area (Å²) < 4.78 is 28.1. The SMILES string of the molecule is C=CC(=O)N1CC(C(=O)Nc2ccc(NC(=O)c3cccc(-c4[nH]ncc4Cl)n3)nc2)CC(F)(F)C1. The molecule has 13 heteroatoms. The Hall–Kier alpha value is -4.19. The molecule has 1 saturated heterocycles. The highest BCUT2D eigenvalue weighted by Crippen LogP contribution is 2.31. The molecule has 0 radical (unpaired) electrons. The molecular weight excluding hydrogens is 496 g/mol. The number of carbonyl (C=O) groups is 3. The van der Waals surface area contributed by atoms with Gasteiger partial charge in [0.2, 0.25) is 11.8 Å². The first-order valence-electron chi connectivity index (χ1n) is 10.7. The Morgan fingerprint density at radius 2 is 2.00 bits per heavy atom. The number of anilines is 2. The van der Waals surface area contributed by atoms with Gasteiger partial charge in [-0.05, 0) is 30.3 Å². The fourth-order valence-corrected chi connectivity index (χ4v) is 3.88. The van der Waals surface area contributed by atoms with E-state index in [1.54, 1.807) is 12.1 Å². The van der Waals surface area contributed by atoms with Crippen LogP contribution in [0.1, 0.15) is 16.9 Å². The van der Waals surface area contributed by atoms with Crippen LogP contribution in [0.2, 0.25) is 5.02 Å². The van der Waals surface area contributed by atoms with E-state index in [0.717, 1.165) is 11.0 Å². The van der Waals surface area contributed by atoms with E-state index in [-0.39, 0.29) is 23.7 Å². The molecule has 3 N–H and O–H groups in total. The van der Waals surface area contributed by atoms with Crippen LogP contribution in [0.3, 0.4) is 0 Å². The number of halogens is 3. The average Bonchev–Trinajstić information content (AvgIpc) is 3.29. The molecule has 1 fully saturated rings. The number of alkyl halides is 2. The van der Waals surface area contributed by atoms with Crippen LogP contribution in [0, 0.1) is 5.92 Å². The standard InChI is InChI=1S/C23H20ClF2N7O3/c1-2-19(34)33-11-13(8-23(25,26)12-33)21(35)29-14-6-7-18(27-9-14)31-22(36)17-5-3-4-16(30-17)20-15(24)10-28-32-20/h2-7,9-10,13H,1,8,11-12H2,(H,28,32)(H,29,35)(H,27,31,36). The van der Waals surface area contributed by atoms with Crippen LogP contribution in [-0.2, 0) is 9.59 Å². The lowest BCUT2D eigenvalue weighted by Gasteiger charge is -2.36. The lowest BCUT2D eigenvalue weighted by molar-refractivity contribution is -0.145. The van der Waals surface area contributed by atoms with Crippen LogP contribution in [0.15, 0.2) is 55.4 Å². The minimum atomic E-state index is -3.20. The molecule has 0 aromatic carbocycles. The van der Waals surface area contributed by atoms with E-state index in [1.807, 2.05) is 0 Å². The van der Waals surface area contributed by atoms with E-state index in [0.29, 0.717) is 16.4 Å². The van der Waals surface area contributed by atoms with E-state index < -0.39 is 42.5 Å². The third kappa shape index (κ3) is 5.71. The Balaban J connectivity index is 1.39. The van der Waals surface area contributed by atoms with Crippen molar-refractivity contribution in [2.45, 2.75) is 12.3 Å². The second kappa shape index (κ2) is 10.2. The number of nitrogens with zero attached hydrogens (tertiary/aromatic N) is 4. The Morgan fingerprint density at radius 1 is 1.19 bits per heavy atom. The molecule has 1 aliphatic heterocycles. The maximum atomic E-state index is 14.1. The van der Waals surface area contributed by atoms with Gasteiger partial charge in [-0.3, -0.25) is 19.5 Å². The van der Waals surface area contributed by atoms with Gasteiger partial charge in [-0.1, -0.05) is 24.2 Å². The molecule has 4 rings (SSSR count). The highest BCUT2D eigenvalue weighted by Gasteiger charge is 2.44. The van der Waals surface area contributed by atoms with Gasteiger partial charge in [-0.2, -0.15) is 5.10 Å². The fourth-order valence-electron chi connectivity index (χ4n) is 3.69. The van der Waals surface area contributed by atoms with Gasteiger partial charge >= 0.3 is 0 Å². The van der Waals surface area contributed by atoms with E-state index in [4.69, 9.17) is 11.6 Å². The quantitative estimate of drug-likeness (QED) is 0.431. The summed E-state index contributed by atoms with van der Waals surface area (Å²) in [4.78, 5) is 46.2. The van der Waals surface area contributed by atoms with Crippen molar-refractivity contribution >= 4 is 40.8 Å². The molecule has 1 atom stereocenters. The van der Waals surface area contributed by atoms with Crippen LogP contribution in [0.4, 0.5) is 20.3 Å². The largest absolute Gasteiger partial charge is 0.332 e. The number of aromatic nitrogens is 4. The number of carbonyl (C=O) groups excluding carboxylic acids is 3. The molecule has 36 heavy (non-hydrogen) atoms. The highest BCUT2D eigenvalue weighted by molar-refractivity contribution is 6.32. The summed E-state index contributed by atoms with van der Waals surface area (Å²) in [6, 6.07) is 7.71. The Bertz CT molecular complexity index is 1310. The maximum Gasteiger partial charge on any atom is 0.275 e. The van der Waals surface area contributed by atoms with Gasteiger partial charge in [0.05, 0.1) is 41.3 Å². The number of nitrogens with one attached hydrogen (secondary N) is 3. The summed E-state index contributed by atoms with van der Waals surface area (Å²) in [5, 5.41) is 12.0. The van der Waals surface area contributed by atoms with Crippen molar-refractivity contribution in [1.82, 2.24) is 25.1 Å². The topological polar surface area (TPSA) is 133 Å². The minimum Gasteiger partial charge on any atom is -0.332 e. The van der Waals surface area contributed by atoms with Gasteiger partial charge in [0.25, 0.3) is 11.8 Å². The van der Waals surface area contributed by atoms with Gasteiger partial charge < -0.3 is 15.5 Å². The summed E-state index contributed by atoms with van der Waals surface area (Å²) in [5.74, 6) is -6.00.